The molecule has 1 aliphatic rings. The fourth-order valence-corrected chi connectivity index (χ4v) is 2.78. The molecule has 3 nitrogen and oxygen atoms in total. The molecule has 0 unspecified atom stereocenters. The maximum absolute atomic E-state index is 5.91. The summed E-state index contributed by atoms with van der Waals surface area (Å²) in [6.07, 6.45) is 2.61. The maximum atomic E-state index is 5.91. The minimum atomic E-state index is 0.721. The number of hydrogen-bond acceptors (Lipinski definition) is 3. The molecule has 1 aliphatic carbocycles. The van der Waals surface area contributed by atoms with Crippen molar-refractivity contribution in [1.82, 2.24) is 4.90 Å². The molecule has 0 radical (unpaired) electrons. The van der Waals surface area contributed by atoms with Gasteiger partial charge in [0.25, 0.3) is 0 Å². The van der Waals surface area contributed by atoms with Crippen molar-refractivity contribution in [2.45, 2.75) is 32.4 Å². The van der Waals surface area contributed by atoms with E-state index in [9.17, 15) is 0 Å². The van der Waals surface area contributed by atoms with Gasteiger partial charge in [0.15, 0.2) is 0 Å². The van der Waals surface area contributed by atoms with E-state index in [2.05, 4.69) is 36.1 Å². The third kappa shape index (κ3) is 4.73. The second-order valence-electron chi connectivity index (χ2n) is 6.21. The molecule has 0 atom stereocenters. The molecular formula is C20H25NO2. The number of ether oxygens (including phenoxy) is 2. The van der Waals surface area contributed by atoms with Crippen LogP contribution in [0, 0.1) is 6.92 Å². The third-order valence-corrected chi connectivity index (χ3v) is 4.24. The average Bonchev–Trinajstić information content (AvgIpc) is 3.39. The van der Waals surface area contributed by atoms with Gasteiger partial charge in [0, 0.05) is 19.1 Å². The van der Waals surface area contributed by atoms with Gasteiger partial charge in [0.1, 0.15) is 18.1 Å². The molecule has 3 heteroatoms. The van der Waals surface area contributed by atoms with E-state index < -0.39 is 0 Å². The van der Waals surface area contributed by atoms with E-state index in [1.54, 1.807) is 7.11 Å². The van der Waals surface area contributed by atoms with Gasteiger partial charge in [-0.25, -0.2) is 0 Å². The first-order valence-electron chi connectivity index (χ1n) is 8.31. The second-order valence-corrected chi connectivity index (χ2v) is 6.21. The molecule has 0 N–H and O–H groups in total. The molecule has 0 amide bonds. The monoisotopic (exact) mass is 311 g/mol. The summed E-state index contributed by atoms with van der Waals surface area (Å²) in [6, 6.07) is 17.3. The molecule has 0 aromatic heterocycles. The molecule has 0 bridgehead atoms. The first-order valence-corrected chi connectivity index (χ1v) is 8.31. The van der Waals surface area contributed by atoms with Crippen molar-refractivity contribution >= 4 is 0 Å². The minimum Gasteiger partial charge on any atom is -0.497 e. The lowest BCUT2D eigenvalue weighted by Crippen LogP contribution is -2.30. The maximum Gasteiger partial charge on any atom is 0.119 e. The van der Waals surface area contributed by atoms with Crippen molar-refractivity contribution in [1.29, 1.82) is 0 Å². The van der Waals surface area contributed by atoms with Crippen molar-refractivity contribution in [3.63, 3.8) is 0 Å². The quantitative estimate of drug-likeness (QED) is 0.734. The van der Waals surface area contributed by atoms with Gasteiger partial charge in [-0.1, -0.05) is 24.3 Å². The van der Waals surface area contributed by atoms with Crippen molar-refractivity contribution < 1.29 is 9.47 Å². The Morgan fingerprint density at radius 3 is 2.48 bits per heavy atom. The Morgan fingerprint density at radius 1 is 1.04 bits per heavy atom. The van der Waals surface area contributed by atoms with Crippen LogP contribution in [0.3, 0.4) is 0 Å². The van der Waals surface area contributed by atoms with E-state index in [1.807, 2.05) is 24.3 Å². The smallest absolute Gasteiger partial charge is 0.119 e. The summed E-state index contributed by atoms with van der Waals surface area (Å²) in [7, 11) is 1.70. The fraction of sp³-hybridized carbons (Fsp3) is 0.400. The molecule has 0 spiro atoms. The third-order valence-electron chi connectivity index (χ3n) is 4.24. The van der Waals surface area contributed by atoms with Gasteiger partial charge in [-0.2, -0.15) is 0 Å². The predicted molar refractivity (Wildman–Crippen MR) is 93.1 cm³/mol. The van der Waals surface area contributed by atoms with Crippen molar-refractivity contribution in [2.24, 2.45) is 0 Å². The van der Waals surface area contributed by atoms with E-state index in [4.69, 9.17) is 9.47 Å². The molecule has 1 fully saturated rings. The molecule has 2 aromatic rings. The molecule has 23 heavy (non-hydrogen) atoms. The Balaban J connectivity index is 1.52. The van der Waals surface area contributed by atoms with Gasteiger partial charge < -0.3 is 9.47 Å². The van der Waals surface area contributed by atoms with Gasteiger partial charge in [-0.15, -0.1) is 0 Å². The van der Waals surface area contributed by atoms with Crippen LogP contribution >= 0.6 is 0 Å². The van der Waals surface area contributed by atoms with Gasteiger partial charge >= 0.3 is 0 Å². The molecule has 3 rings (SSSR count). The standard InChI is InChI=1S/C20H25NO2/c1-16-4-3-5-20(14-16)23-13-12-21(18-8-9-18)15-17-6-10-19(22-2)11-7-17/h3-7,10-11,14,18H,8-9,12-13,15H2,1-2H3. The summed E-state index contributed by atoms with van der Waals surface area (Å²) in [6.45, 7) is 4.76. The highest BCUT2D eigenvalue weighted by atomic mass is 16.5. The Hall–Kier alpha value is -2.00. The SMILES string of the molecule is COc1ccc(CN(CCOc2cccc(C)c2)C2CC2)cc1. The molecule has 0 aliphatic heterocycles. The Bertz CT molecular complexity index is 620. The van der Waals surface area contributed by atoms with E-state index in [0.717, 1.165) is 37.2 Å². The minimum absolute atomic E-state index is 0.721. The summed E-state index contributed by atoms with van der Waals surface area (Å²) >= 11 is 0. The number of nitrogens with zero attached hydrogens (tertiary/aromatic N) is 1. The van der Waals surface area contributed by atoms with Crippen molar-refractivity contribution in [3.8, 4) is 11.5 Å². The number of aryl methyl sites for hydroxylation is 1. The number of rotatable bonds is 8. The van der Waals surface area contributed by atoms with E-state index in [0.29, 0.717) is 0 Å². The van der Waals surface area contributed by atoms with Gasteiger partial charge in [0.2, 0.25) is 0 Å². The highest BCUT2D eigenvalue weighted by Crippen LogP contribution is 2.28. The van der Waals surface area contributed by atoms with E-state index >= 15 is 0 Å². The number of benzene rings is 2. The lowest BCUT2D eigenvalue weighted by atomic mass is 10.2. The predicted octanol–water partition coefficient (Wildman–Crippen LogP) is 4.05. The first kappa shape index (κ1) is 15.9. The van der Waals surface area contributed by atoms with Crippen LogP contribution in [0.1, 0.15) is 24.0 Å². The second kappa shape index (κ2) is 7.51. The normalized spacial score (nSPS) is 14.0. The summed E-state index contributed by atoms with van der Waals surface area (Å²) in [4.78, 5) is 2.53. The van der Waals surface area contributed by atoms with Crippen LogP contribution in [-0.2, 0) is 6.54 Å². The zero-order valence-electron chi connectivity index (χ0n) is 14.0. The molecule has 1 saturated carbocycles. The topological polar surface area (TPSA) is 21.7 Å². The Morgan fingerprint density at radius 2 is 1.83 bits per heavy atom. The van der Waals surface area contributed by atoms with Crippen LogP contribution in [-0.4, -0.2) is 31.2 Å². The molecular weight excluding hydrogens is 286 g/mol. The zero-order chi connectivity index (χ0) is 16.1. The van der Waals surface area contributed by atoms with Crippen LogP contribution in [0.15, 0.2) is 48.5 Å². The molecule has 0 heterocycles. The van der Waals surface area contributed by atoms with Gasteiger partial charge in [0.05, 0.1) is 7.11 Å². The summed E-state index contributed by atoms with van der Waals surface area (Å²) < 4.78 is 11.1. The highest BCUT2D eigenvalue weighted by molar-refractivity contribution is 5.28. The zero-order valence-corrected chi connectivity index (χ0v) is 14.0. The average molecular weight is 311 g/mol. The molecule has 122 valence electrons. The fourth-order valence-electron chi connectivity index (χ4n) is 2.78. The molecule has 2 aromatic carbocycles. The summed E-state index contributed by atoms with van der Waals surface area (Å²) in [5, 5.41) is 0. The van der Waals surface area contributed by atoms with Crippen molar-refractivity contribution in [3.05, 3.63) is 59.7 Å². The van der Waals surface area contributed by atoms with Crippen LogP contribution in [0.4, 0.5) is 0 Å². The highest BCUT2D eigenvalue weighted by Gasteiger charge is 2.28. The lowest BCUT2D eigenvalue weighted by molar-refractivity contribution is 0.195. The first-order chi connectivity index (χ1) is 11.2. The number of hydrogen-bond donors (Lipinski definition) is 0. The van der Waals surface area contributed by atoms with E-state index in [1.165, 1.54) is 24.0 Å². The van der Waals surface area contributed by atoms with E-state index in [-0.39, 0.29) is 0 Å². The van der Waals surface area contributed by atoms with Crippen LogP contribution in [0.2, 0.25) is 0 Å². The van der Waals surface area contributed by atoms with Crippen LogP contribution < -0.4 is 9.47 Å². The van der Waals surface area contributed by atoms with Crippen LogP contribution in [0.25, 0.3) is 0 Å². The lowest BCUT2D eigenvalue weighted by Gasteiger charge is -2.22. The van der Waals surface area contributed by atoms with Crippen LogP contribution in [0.5, 0.6) is 11.5 Å². The van der Waals surface area contributed by atoms with Crippen molar-refractivity contribution in [2.75, 3.05) is 20.3 Å². The largest absolute Gasteiger partial charge is 0.497 e. The number of methoxy groups -OCH3 is 1. The Labute approximate surface area is 138 Å². The Kier molecular flexibility index (Phi) is 5.19. The summed E-state index contributed by atoms with van der Waals surface area (Å²) in [5.41, 5.74) is 2.56. The van der Waals surface area contributed by atoms with Gasteiger partial charge in [-0.05, 0) is 55.2 Å². The summed E-state index contributed by atoms with van der Waals surface area (Å²) in [5.74, 6) is 1.87. The molecule has 0 saturated heterocycles. The van der Waals surface area contributed by atoms with Gasteiger partial charge in [-0.3, -0.25) is 4.90 Å².